The van der Waals surface area contributed by atoms with Crippen molar-refractivity contribution in [3.05, 3.63) is 23.8 Å². The first-order valence-corrected chi connectivity index (χ1v) is 7.04. The summed E-state index contributed by atoms with van der Waals surface area (Å²) in [6.07, 6.45) is 6.25. The molecule has 1 saturated carbocycles. The number of nitrogen functional groups attached to an aromatic ring is 1. The van der Waals surface area contributed by atoms with E-state index in [-0.39, 0.29) is 0 Å². The molecular weight excluding hydrogens is 238 g/mol. The molecule has 1 fully saturated rings. The highest BCUT2D eigenvalue weighted by Crippen LogP contribution is 2.28. The van der Waals surface area contributed by atoms with Crippen molar-refractivity contribution >= 4 is 17.3 Å². The lowest BCUT2D eigenvalue weighted by Gasteiger charge is -2.25. The highest BCUT2D eigenvalue weighted by Gasteiger charge is 2.20. The highest BCUT2D eigenvalue weighted by molar-refractivity contribution is 5.94. The van der Waals surface area contributed by atoms with Crippen LogP contribution in [0.1, 0.15) is 49.4 Å². The number of benzene rings is 1. The van der Waals surface area contributed by atoms with Crippen LogP contribution >= 0.6 is 0 Å². The Morgan fingerprint density at radius 1 is 1.26 bits per heavy atom. The van der Waals surface area contributed by atoms with Crippen molar-refractivity contribution in [2.24, 2.45) is 11.7 Å². The number of hydrogen-bond acceptors (Lipinski definition) is 3. The zero-order valence-corrected chi connectivity index (χ0v) is 11.5. The van der Waals surface area contributed by atoms with Gasteiger partial charge in [0, 0.05) is 11.6 Å². The van der Waals surface area contributed by atoms with E-state index < -0.39 is 5.91 Å². The standard InChI is InChI=1S/C15H23N3O/c1-10-5-3-2-4-6-13(10)18-14-9-11(15(17)19)7-8-12(14)16/h7-10,13,18H,2-6,16H2,1H3,(H2,17,19). The van der Waals surface area contributed by atoms with Crippen LogP contribution in [-0.4, -0.2) is 11.9 Å². The number of amides is 1. The van der Waals surface area contributed by atoms with Crippen molar-refractivity contribution in [1.82, 2.24) is 0 Å². The molecule has 0 aliphatic heterocycles. The maximum Gasteiger partial charge on any atom is 0.248 e. The lowest BCUT2D eigenvalue weighted by atomic mass is 9.96. The molecule has 2 unspecified atom stereocenters. The summed E-state index contributed by atoms with van der Waals surface area (Å²) in [5, 5.41) is 3.50. The van der Waals surface area contributed by atoms with Gasteiger partial charge in [0.25, 0.3) is 0 Å². The molecule has 1 aromatic rings. The third-order valence-electron chi connectivity index (χ3n) is 4.04. The molecule has 1 aliphatic rings. The molecule has 2 rings (SSSR count). The fraction of sp³-hybridized carbons (Fsp3) is 0.533. The Morgan fingerprint density at radius 3 is 2.74 bits per heavy atom. The predicted octanol–water partition coefficient (Wildman–Crippen LogP) is 2.75. The summed E-state index contributed by atoms with van der Waals surface area (Å²) in [5.74, 6) is 0.205. The Labute approximate surface area is 114 Å². The van der Waals surface area contributed by atoms with Crippen molar-refractivity contribution < 1.29 is 4.79 Å². The molecule has 104 valence electrons. The molecule has 0 saturated heterocycles. The Morgan fingerprint density at radius 2 is 2.00 bits per heavy atom. The van der Waals surface area contributed by atoms with Crippen LogP contribution in [0, 0.1) is 5.92 Å². The van der Waals surface area contributed by atoms with Gasteiger partial charge in [0.15, 0.2) is 0 Å². The molecule has 2 atom stereocenters. The number of nitrogens with one attached hydrogen (secondary N) is 1. The molecule has 4 nitrogen and oxygen atoms in total. The lowest BCUT2D eigenvalue weighted by Crippen LogP contribution is -2.27. The van der Waals surface area contributed by atoms with Gasteiger partial charge in [-0.05, 0) is 37.0 Å². The van der Waals surface area contributed by atoms with Crippen molar-refractivity contribution in [2.45, 2.75) is 45.1 Å². The van der Waals surface area contributed by atoms with Crippen LogP contribution in [0.4, 0.5) is 11.4 Å². The summed E-state index contributed by atoms with van der Waals surface area (Å²) in [6, 6.07) is 5.59. The van der Waals surface area contributed by atoms with Gasteiger partial charge in [-0.2, -0.15) is 0 Å². The first-order valence-electron chi connectivity index (χ1n) is 7.04. The molecule has 0 bridgehead atoms. The number of carbonyl (C=O) groups is 1. The molecule has 1 aromatic carbocycles. The van der Waals surface area contributed by atoms with E-state index >= 15 is 0 Å². The molecule has 0 spiro atoms. The Hall–Kier alpha value is -1.71. The number of hydrogen-bond donors (Lipinski definition) is 3. The van der Waals surface area contributed by atoms with Gasteiger partial charge in [-0.1, -0.05) is 26.2 Å². The fourth-order valence-corrected chi connectivity index (χ4v) is 2.74. The van der Waals surface area contributed by atoms with Gasteiger partial charge >= 0.3 is 0 Å². The zero-order valence-electron chi connectivity index (χ0n) is 11.5. The average molecular weight is 261 g/mol. The van der Waals surface area contributed by atoms with Gasteiger partial charge in [0.2, 0.25) is 5.91 Å². The van der Waals surface area contributed by atoms with E-state index in [4.69, 9.17) is 11.5 Å². The van der Waals surface area contributed by atoms with Gasteiger partial charge in [-0.25, -0.2) is 0 Å². The second-order valence-electron chi connectivity index (χ2n) is 5.53. The number of primary amides is 1. The van der Waals surface area contributed by atoms with Crippen LogP contribution in [0.15, 0.2) is 18.2 Å². The number of rotatable bonds is 3. The van der Waals surface area contributed by atoms with Crippen LogP contribution in [0.25, 0.3) is 0 Å². The first-order chi connectivity index (χ1) is 9.08. The third kappa shape index (κ3) is 3.40. The minimum Gasteiger partial charge on any atom is -0.397 e. The number of anilines is 2. The average Bonchev–Trinajstić information content (AvgIpc) is 2.57. The minimum atomic E-state index is -0.419. The molecule has 5 N–H and O–H groups in total. The van der Waals surface area contributed by atoms with Crippen LogP contribution in [0.3, 0.4) is 0 Å². The molecule has 0 heterocycles. The molecule has 0 aromatic heterocycles. The summed E-state index contributed by atoms with van der Waals surface area (Å²) in [5.41, 5.74) is 13.3. The zero-order chi connectivity index (χ0) is 13.8. The monoisotopic (exact) mass is 261 g/mol. The van der Waals surface area contributed by atoms with Crippen molar-refractivity contribution in [3.8, 4) is 0 Å². The number of carbonyl (C=O) groups excluding carboxylic acids is 1. The lowest BCUT2D eigenvalue weighted by molar-refractivity contribution is 0.100. The van der Waals surface area contributed by atoms with Gasteiger partial charge in [0.05, 0.1) is 11.4 Å². The Kier molecular flexibility index (Phi) is 4.30. The van der Waals surface area contributed by atoms with E-state index in [2.05, 4.69) is 12.2 Å². The van der Waals surface area contributed by atoms with Crippen LogP contribution in [0.5, 0.6) is 0 Å². The molecule has 4 heteroatoms. The van der Waals surface area contributed by atoms with E-state index in [1.165, 1.54) is 25.7 Å². The second kappa shape index (κ2) is 5.95. The van der Waals surface area contributed by atoms with Crippen LogP contribution in [0.2, 0.25) is 0 Å². The van der Waals surface area contributed by atoms with Gasteiger partial charge in [-0.3, -0.25) is 4.79 Å². The first kappa shape index (κ1) is 13.7. The summed E-state index contributed by atoms with van der Waals surface area (Å²) in [6.45, 7) is 2.27. The second-order valence-corrected chi connectivity index (χ2v) is 5.53. The van der Waals surface area contributed by atoms with Crippen molar-refractivity contribution in [1.29, 1.82) is 0 Å². The maximum atomic E-state index is 11.2. The van der Waals surface area contributed by atoms with Gasteiger partial charge < -0.3 is 16.8 Å². The molecule has 19 heavy (non-hydrogen) atoms. The van der Waals surface area contributed by atoms with E-state index in [0.717, 1.165) is 12.1 Å². The quantitative estimate of drug-likeness (QED) is 0.578. The van der Waals surface area contributed by atoms with E-state index in [1.54, 1.807) is 18.2 Å². The Balaban J connectivity index is 2.16. The Bertz CT molecular complexity index is 459. The SMILES string of the molecule is CC1CCCCCC1Nc1cc(C(N)=O)ccc1N. The summed E-state index contributed by atoms with van der Waals surface area (Å²) in [7, 11) is 0. The predicted molar refractivity (Wildman–Crippen MR) is 79.0 cm³/mol. The highest BCUT2D eigenvalue weighted by atomic mass is 16.1. The maximum absolute atomic E-state index is 11.2. The van der Waals surface area contributed by atoms with E-state index in [0.29, 0.717) is 23.2 Å². The summed E-state index contributed by atoms with van der Waals surface area (Å²) >= 11 is 0. The van der Waals surface area contributed by atoms with E-state index in [1.807, 2.05) is 0 Å². The van der Waals surface area contributed by atoms with Gasteiger partial charge in [-0.15, -0.1) is 0 Å². The number of nitrogens with two attached hydrogens (primary N) is 2. The fourth-order valence-electron chi connectivity index (χ4n) is 2.74. The van der Waals surface area contributed by atoms with Crippen molar-refractivity contribution in [3.63, 3.8) is 0 Å². The molecular formula is C15H23N3O. The minimum absolute atomic E-state index is 0.419. The smallest absolute Gasteiger partial charge is 0.248 e. The summed E-state index contributed by atoms with van der Waals surface area (Å²) in [4.78, 5) is 11.2. The topological polar surface area (TPSA) is 81.1 Å². The summed E-state index contributed by atoms with van der Waals surface area (Å²) < 4.78 is 0. The van der Waals surface area contributed by atoms with E-state index in [9.17, 15) is 4.79 Å². The molecule has 1 aliphatic carbocycles. The normalized spacial score (nSPS) is 23.6. The molecule has 1 amide bonds. The molecule has 0 radical (unpaired) electrons. The largest absolute Gasteiger partial charge is 0.397 e. The van der Waals surface area contributed by atoms with Crippen LogP contribution < -0.4 is 16.8 Å². The third-order valence-corrected chi connectivity index (χ3v) is 4.04. The van der Waals surface area contributed by atoms with Gasteiger partial charge in [0.1, 0.15) is 0 Å². The van der Waals surface area contributed by atoms with Crippen molar-refractivity contribution in [2.75, 3.05) is 11.1 Å². The van der Waals surface area contributed by atoms with Crippen LogP contribution in [-0.2, 0) is 0 Å².